The van der Waals surface area contributed by atoms with Crippen molar-refractivity contribution in [2.75, 3.05) is 19.5 Å². The fraction of sp³-hybridized carbons (Fsp3) is 0.200. The van der Waals surface area contributed by atoms with Crippen molar-refractivity contribution in [2.24, 2.45) is 0 Å². The normalized spacial score (nSPS) is 19.1. The van der Waals surface area contributed by atoms with E-state index in [-0.39, 0.29) is 17.7 Å². The van der Waals surface area contributed by atoms with Gasteiger partial charge in [0.25, 0.3) is 0 Å². The van der Waals surface area contributed by atoms with E-state index >= 15 is 0 Å². The molecule has 5 nitrogen and oxygen atoms in total. The van der Waals surface area contributed by atoms with Gasteiger partial charge in [0.2, 0.25) is 0 Å². The summed E-state index contributed by atoms with van der Waals surface area (Å²) >= 11 is 0. The standard InChI is InChI=1S/C30H26N2O3/c1-34-20-10-11-22(27(17-20)35-2)30-29-23(15-19(16-26(29)33)18-7-4-3-5-8-18)28-21-9-6-14-31-24(21)12-13-25(28)32-30/h3-14,17,19,30,32H,15-16H2,1-2H3/t19-,30-/m0/s1. The Morgan fingerprint density at radius 3 is 2.57 bits per heavy atom. The third-order valence-corrected chi connectivity index (χ3v) is 7.21. The molecule has 35 heavy (non-hydrogen) atoms. The van der Waals surface area contributed by atoms with Gasteiger partial charge in [0.05, 0.1) is 25.8 Å². The number of allylic oxidation sites excluding steroid dienone is 1. The zero-order valence-electron chi connectivity index (χ0n) is 19.7. The second kappa shape index (κ2) is 8.58. The molecule has 0 amide bonds. The molecule has 1 aliphatic carbocycles. The number of anilines is 1. The number of ketones is 1. The highest BCUT2D eigenvalue weighted by Crippen LogP contribution is 2.52. The number of hydrogen-bond donors (Lipinski definition) is 1. The Balaban J connectivity index is 1.58. The second-order valence-electron chi connectivity index (χ2n) is 9.07. The van der Waals surface area contributed by atoms with Crippen LogP contribution in [0.3, 0.4) is 0 Å². The molecule has 2 atom stereocenters. The monoisotopic (exact) mass is 462 g/mol. The number of benzene rings is 3. The molecule has 0 spiro atoms. The molecule has 0 unspecified atom stereocenters. The van der Waals surface area contributed by atoms with Crippen molar-refractivity contribution in [1.29, 1.82) is 0 Å². The highest BCUT2D eigenvalue weighted by atomic mass is 16.5. The summed E-state index contributed by atoms with van der Waals surface area (Å²) < 4.78 is 11.1. The smallest absolute Gasteiger partial charge is 0.162 e. The summed E-state index contributed by atoms with van der Waals surface area (Å²) in [6, 6.07) is 24.0. The zero-order chi connectivity index (χ0) is 23.9. The molecule has 1 aliphatic heterocycles. The van der Waals surface area contributed by atoms with Gasteiger partial charge in [-0.1, -0.05) is 36.4 Å². The van der Waals surface area contributed by atoms with E-state index in [1.54, 1.807) is 14.2 Å². The molecule has 174 valence electrons. The molecule has 0 bridgehead atoms. The fourth-order valence-corrected chi connectivity index (χ4v) is 5.58. The van der Waals surface area contributed by atoms with Gasteiger partial charge in [0.1, 0.15) is 11.5 Å². The number of carbonyl (C=O) groups excluding carboxylic acids is 1. The molecule has 2 aliphatic rings. The van der Waals surface area contributed by atoms with Crippen LogP contribution in [0.25, 0.3) is 16.5 Å². The Bertz CT molecular complexity index is 1480. The van der Waals surface area contributed by atoms with E-state index < -0.39 is 0 Å². The SMILES string of the molecule is COc1ccc([C@@H]2Nc3ccc4ncccc4c3C3=C2C(=O)C[C@@H](c2ccccc2)C3)c(OC)c1. The topological polar surface area (TPSA) is 60.5 Å². The quantitative estimate of drug-likeness (QED) is 0.385. The molecule has 0 fully saturated rings. The van der Waals surface area contributed by atoms with Crippen molar-refractivity contribution < 1.29 is 14.3 Å². The minimum atomic E-state index is -0.309. The molecule has 0 saturated carbocycles. The lowest BCUT2D eigenvalue weighted by Crippen LogP contribution is -2.30. The lowest BCUT2D eigenvalue weighted by Gasteiger charge is -2.37. The summed E-state index contributed by atoms with van der Waals surface area (Å²) in [5.74, 6) is 1.71. The number of aromatic nitrogens is 1. The number of methoxy groups -OCH3 is 2. The van der Waals surface area contributed by atoms with Crippen molar-refractivity contribution in [2.45, 2.75) is 24.8 Å². The number of nitrogens with zero attached hydrogens (tertiary/aromatic N) is 1. The van der Waals surface area contributed by atoms with Crippen molar-refractivity contribution in [3.63, 3.8) is 0 Å². The Morgan fingerprint density at radius 1 is 0.914 bits per heavy atom. The number of fused-ring (bicyclic) bond motifs is 4. The van der Waals surface area contributed by atoms with Crippen molar-refractivity contribution in [3.05, 3.63) is 101 Å². The molecular formula is C30H26N2O3. The first-order valence-electron chi connectivity index (χ1n) is 11.9. The van der Waals surface area contributed by atoms with Gasteiger partial charge in [-0.25, -0.2) is 0 Å². The summed E-state index contributed by atoms with van der Waals surface area (Å²) in [7, 11) is 3.29. The molecule has 1 N–H and O–H groups in total. The van der Waals surface area contributed by atoms with Gasteiger partial charge in [0.15, 0.2) is 5.78 Å². The van der Waals surface area contributed by atoms with Crippen molar-refractivity contribution >= 4 is 27.9 Å². The second-order valence-corrected chi connectivity index (χ2v) is 9.07. The van der Waals surface area contributed by atoms with Crippen LogP contribution in [0.5, 0.6) is 11.5 Å². The highest BCUT2D eigenvalue weighted by Gasteiger charge is 2.39. The van der Waals surface area contributed by atoms with Crippen LogP contribution < -0.4 is 14.8 Å². The third kappa shape index (κ3) is 3.55. The van der Waals surface area contributed by atoms with Gasteiger partial charge in [-0.15, -0.1) is 0 Å². The maximum Gasteiger partial charge on any atom is 0.162 e. The molecule has 1 aromatic heterocycles. The third-order valence-electron chi connectivity index (χ3n) is 7.21. The molecule has 2 heterocycles. The Labute approximate surface area is 204 Å². The van der Waals surface area contributed by atoms with E-state index in [2.05, 4.69) is 34.6 Å². The Hall–Kier alpha value is -4.12. The van der Waals surface area contributed by atoms with Gasteiger partial charge in [-0.05, 0) is 53.8 Å². The van der Waals surface area contributed by atoms with Crippen LogP contribution in [0.15, 0.2) is 84.6 Å². The van der Waals surface area contributed by atoms with Gasteiger partial charge >= 0.3 is 0 Å². The first-order chi connectivity index (χ1) is 17.2. The first kappa shape index (κ1) is 21.4. The summed E-state index contributed by atoms with van der Waals surface area (Å²) in [6.45, 7) is 0. The van der Waals surface area contributed by atoms with E-state index in [4.69, 9.17) is 9.47 Å². The van der Waals surface area contributed by atoms with E-state index in [1.807, 2.05) is 54.7 Å². The molecule has 4 aromatic rings. The van der Waals surface area contributed by atoms with E-state index in [0.29, 0.717) is 17.9 Å². The van der Waals surface area contributed by atoms with Crippen LogP contribution in [-0.4, -0.2) is 25.0 Å². The average molecular weight is 463 g/mol. The molecule has 5 heteroatoms. The van der Waals surface area contributed by atoms with E-state index in [1.165, 1.54) is 5.56 Å². The van der Waals surface area contributed by atoms with Gasteiger partial charge in [-0.3, -0.25) is 9.78 Å². The Kier molecular flexibility index (Phi) is 5.25. The molecular weight excluding hydrogens is 436 g/mol. The number of ether oxygens (including phenoxy) is 2. The summed E-state index contributed by atoms with van der Waals surface area (Å²) in [4.78, 5) is 18.5. The van der Waals surface area contributed by atoms with Gasteiger partial charge in [0, 0.05) is 46.5 Å². The largest absolute Gasteiger partial charge is 0.497 e. The minimum Gasteiger partial charge on any atom is -0.497 e. The van der Waals surface area contributed by atoms with Crippen LogP contribution in [0.1, 0.15) is 41.5 Å². The number of hydrogen-bond acceptors (Lipinski definition) is 5. The molecule has 0 saturated heterocycles. The van der Waals surface area contributed by atoms with Crippen LogP contribution in [0, 0.1) is 0 Å². The summed E-state index contributed by atoms with van der Waals surface area (Å²) in [5.41, 5.74) is 7.06. The van der Waals surface area contributed by atoms with E-state index in [0.717, 1.165) is 45.3 Å². The van der Waals surface area contributed by atoms with Crippen LogP contribution >= 0.6 is 0 Å². The lowest BCUT2D eigenvalue weighted by molar-refractivity contribution is -0.116. The zero-order valence-corrected chi connectivity index (χ0v) is 19.7. The predicted molar refractivity (Wildman–Crippen MR) is 138 cm³/mol. The van der Waals surface area contributed by atoms with Crippen molar-refractivity contribution in [3.8, 4) is 11.5 Å². The number of rotatable bonds is 4. The van der Waals surface area contributed by atoms with Crippen molar-refractivity contribution in [1.82, 2.24) is 4.98 Å². The summed E-state index contributed by atoms with van der Waals surface area (Å²) in [6.07, 6.45) is 3.09. The number of pyridine rings is 1. The Morgan fingerprint density at radius 2 is 1.77 bits per heavy atom. The number of Topliss-reactive ketones (excluding diaryl/α,β-unsaturated/α-hetero) is 1. The van der Waals surface area contributed by atoms with Crippen LogP contribution in [-0.2, 0) is 4.79 Å². The molecule has 6 rings (SSSR count). The minimum absolute atomic E-state index is 0.138. The molecule has 3 aromatic carbocycles. The van der Waals surface area contributed by atoms with Crippen LogP contribution in [0.4, 0.5) is 5.69 Å². The van der Waals surface area contributed by atoms with Crippen LogP contribution in [0.2, 0.25) is 0 Å². The highest BCUT2D eigenvalue weighted by molar-refractivity contribution is 6.12. The predicted octanol–water partition coefficient (Wildman–Crippen LogP) is 6.32. The number of carbonyl (C=O) groups is 1. The molecule has 0 radical (unpaired) electrons. The lowest BCUT2D eigenvalue weighted by atomic mass is 9.71. The van der Waals surface area contributed by atoms with Gasteiger partial charge in [-0.2, -0.15) is 0 Å². The van der Waals surface area contributed by atoms with Gasteiger partial charge < -0.3 is 14.8 Å². The van der Waals surface area contributed by atoms with E-state index in [9.17, 15) is 4.79 Å². The maximum absolute atomic E-state index is 13.9. The summed E-state index contributed by atoms with van der Waals surface area (Å²) in [5, 5.41) is 4.74. The first-order valence-corrected chi connectivity index (χ1v) is 11.9. The fourth-order valence-electron chi connectivity index (χ4n) is 5.58. The number of nitrogens with one attached hydrogen (secondary N) is 1. The average Bonchev–Trinajstić information content (AvgIpc) is 2.92. The maximum atomic E-state index is 13.9.